The molecule has 0 saturated carbocycles. The van der Waals surface area contributed by atoms with E-state index in [2.05, 4.69) is 116 Å². The number of hydrogen-bond acceptors (Lipinski definition) is 4. The molecule has 0 aromatic carbocycles. The Morgan fingerprint density at radius 2 is 0.814 bits per heavy atom. The summed E-state index contributed by atoms with van der Waals surface area (Å²) in [6, 6.07) is 20.0. The maximum atomic E-state index is 7.02. The van der Waals surface area contributed by atoms with Crippen molar-refractivity contribution < 1.29 is 11.3 Å². The molecule has 4 rings (SSSR count). The van der Waals surface area contributed by atoms with Crippen LogP contribution in [0.5, 0.6) is 0 Å². The van der Waals surface area contributed by atoms with Crippen molar-refractivity contribution in [1.82, 2.24) is 19.9 Å². The molecule has 4 nitrogen and oxygen atoms in total. The van der Waals surface area contributed by atoms with E-state index in [1.165, 1.54) is 10.4 Å². The first kappa shape index (κ1) is 38.3. The van der Waals surface area contributed by atoms with Gasteiger partial charge in [-0.25, -0.2) is 0 Å². The van der Waals surface area contributed by atoms with Crippen molar-refractivity contribution in [3.05, 3.63) is 85.5 Å². The van der Waals surface area contributed by atoms with E-state index < -0.39 is 14.8 Å². The van der Waals surface area contributed by atoms with Gasteiger partial charge in [-0.05, 0) is 68.9 Å². The van der Waals surface area contributed by atoms with E-state index in [0.717, 1.165) is 34.1 Å². The van der Waals surface area contributed by atoms with Gasteiger partial charge in [0.05, 0.1) is 22.8 Å². The van der Waals surface area contributed by atoms with Gasteiger partial charge in [-0.15, -0.1) is 0 Å². The Bertz CT molecular complexity index is 1230. The van der Waals surface area contributed by atoms with Gasteiger partial charge >= 0.3 is 39.6 Å². The van der Waals surface area contributed by atoms with E-state index in [9.17, 15) is 0 Å². The molecule has 0 N–H and O–H groups in total. The Hall–Kier alpha value is -0.907. The summed E-state index contributed by atoms with van der Waals surface area (Å²) in [6.45, 7) is 17.7. The number of nitrogens with zero attached hydrogens (tertiary/aromatic N) is 4. The standard InChI is InChI=1S/2C16H21ClN2Si.2BrH.Fe/c2*1-12(2)20(17,13(3)4)14-8-9-16(19-11-14)15-7-5-6-10-18-15;;;/h2*5-13H,1-4H3;2*1H;/q;;;;+2/p-2. The summed E-state index contributed by atoms with van der Waals surface area (Å²) in [5.74, 6) is 0. The summed E-state index contributed by atoms with van der Waals surface area (Å²) in [5.41, 5.74) is 5.51. The average molecular weight is 825 g/mol. The number of aromatic nitrogens is 4. The van der Waals surface area contributed by atoms with Gasteiger partial charge in [0.15, 0.2) is 14.8 Å². The van der Waals surface area contributed by atoms with E-state index in [0.29, 0.717) is 22.2 Å². The van der Waals surface area contributed by atoms with Crippen LogP contribution in [0.3, 0.4) is 0 Å². The fourth-order valence-electron chi connectivity index (χ4n) is 5.24. The Kier molecular flexibility index (Phi) is 16.3. The number of rotatable bonds is 8. The van der Waals surface area contributed by atoms with Crippen molar-refractivity contribution in [2.45, 2.75) is 77.6 Å². The Morgan fingerprint density at radius 1 is 0.512 bits per heavy atom. The van der Waals surface area contributed by atoms with Crippen molar-refractivity contribution in [3.8, 4) is 22.8 Å². The Labute approximate surface area is 290 Å². The normalized spacial score (nSPS) is 11.8. The zero-order valence-corrected chi connectivity index (χ0v) is 33.8. The summed E-state index contributed by atoms with van der Waals surface area (Å²) in [4.78, 5) is 17.8. The van der Waals surface area contributed by atoms with E-state index in [-0.39, 0.29) is 0 Å². The van der Waals surface area contributed by atoms with Crippen LogP contribution in [0.2, 0.25) is 22.2 Å². The first-order valence-electron chi connectivity index (χ1n) is 14.3. The fourth-order valence-corrected chi connectivity index (χ4v) is 12.4. The van der Waals surface area contributed by atoms with E-state index >= 15 is 0 Å². The number of halogens is 4. The second kappa shape index (κ2) is 18.3. The van der Waals surface area contributed by atoms with Gasteiger partial charge in [0.1, 0.15) is 0 Å². The molecule has 0 spiro atoms. The van der Waals surface area contributed by atoms with Crippen LogP contribution in [0.15, 0.2) is 85.5 Å². The minimum absolute atomic E-state index is 0.478. The summed E-state index contributed by atoms with van der Waals surface area (Å²) < 4.78 is 0. The Morgan fingerprint density at radius 3 is 1.02 bits per heavy atom. The van der Waals surface area contributed by atoms with Gasteiger partial charge in [0.2, 0.25) is 0 Å². The third kappa shape index (κ3) is 10.0. The topological polar surface area (TPSA) is 51.6 Å². The van der Waals surface area contributed by atoms with Gasteiger partial charge in [-0.3, -0.25) is 19.9 Å². The molecule has 234 valence electrons. The van der Waals surface area contributed by atoms with Crippen molar-refractivity contribution in [2.75, 3.05) is 0 Å². The van der Waals surface area contributed by atoms with Crippen molar-refractivity contribution in [1.29, 1.82) is 0 Å². The minimum atomic E-state index is -2.01. The van der Waals surface area contributed by atoms with E-state index in [4.69, 9.17) is 22.2 Å². The van der Waals surface area contributed by atoms with E-state index in [1.807, 2.05) is 60.9 Å². The maximum absolute atomic E-state index is 7.02. The first-order chi connectivity index (χ1) is 20.3. The molecule has 0 saturated heterocycles. The Balaban J connectivity index is 0.000000275. The first-order valence-corrected chi connectivity index (χ1v) is 26.1. The fraction of sp³-hybridized carbons (Fsp3) is 0.375. The predicted molar refractivity (Wildman–Crippen MR) is 196 cm³/mol. The quantitative estimate of drug-likeness (QED) is 0.131. The van der Waals surface area contributed by atoms with Gasteiger partial charge in [0.25, 0.3) is 0 Å². The van der Waals surface area contributed by atoms with Crippen LogP contribution >= 0.6 is 50.4 Å². The molecule has 4 aromatic heterocycles. The molecule has 43 heavy (non-hydrogen) atoms. The van der Waals surface area contributed by atoms with Crippen LogP contribution in [-0.4, -0.2) is 34.7 Å². The van der Waals surface area contributed by atoms with Gasteiger partial charge in [-0.1, -0.05) is 79.7 Å². The van der Waals surface area contributed by atoms with Crippen molar-refractivity contribution in [2.24, 2.45) is 0 Å². The zero-order chi connectivity index (χ0) is 32.2. The summed E-state index contributed by atoms with van der Waals surface area (Å²) in [6.07, 6.45) is 7.47. The SMILES string of the molecule is CC(C)[Si](Cl)(c1ccc(-c2ccccn2)nc1)C(C)C.CC(C)[Si](Cl)(c1ccc(-c2ccccn2)nc1)C(C)C.[Br][Fe][Br]. The molecule has 0 atom stereocenters. The van der Waals surface area contributed by atoms with Crippen LogP contribution in [0.4, 0.5) is 0 Å². The zero-order valence-electron chi connectivity index (χ0n) is 26.0. The van der Waals surface area contributed by atoms with Crippen LogP contribution in [0.25, 0.3) is 22.8 Å². The second-order valence-corrected chi connectivity index (χ2v) is 29.7. The second-order valence-electron chi connectivity index (χ2n) is 11.5. The molecule has 0 radical (unpaired) electrons. The molecule has 11 heteroatoms. The van der Waals surface area contributed by atoms with Crippen molar-refractivity contribution in [3.63, 3.8) is 0 Å². The van der Waals surface area contributed by atoms with Gasteiger partial charge < -0.3 is 0 Å². The molecule has 0 aliphatic rings. The third-order valence-corrected chi connectivity index (χ3v) is 23.3. The molecule has 0 aliphatic heterocycles. The van der Waals surface area contributed by atoms with Crippen LogP contribution in [-0.2, 0) is 11.3 Å². The molecule has 0 unspecified atom stereocenters. The molecule has 0 bridgehead atoms. The molecular formula is C32H42Br2Cl2FeN4Si2. The molecule has 0 aliphatic carbocycles. The molecule has 0 fully saturated rings. The molecule has 4 aromatic rings. The summed E-state index contributed by atoms with van der Waals surface area (Å²) >= 11 is 21.0. The summed E-state index contributed by atoms with van der Waals surface area (Å²) in [7, 11) is -4.03. The van der Waals surface area contributed by atoms with Gasteiger partial charge in [-0.2, -0.15) is 22.2 Å². The van der Waals surface area contributed by atoms with E-state index in [1.54, 1.807) is 12.4 Å². The summed E-state index contributed by atoms with van der Waals surface area (Å²) in [5, 5.41) is 2.42. The van der Waals surface area contributed by atoms with Crippen LogP contribution in [0, 0.1) is 0 Å². The molecule has 0 amide bonds. The van der Waals surface area contributed by atoms with Crippen LogP contribution in [0.1, 0.15) is 55.4 Å². The average Bonchev–Trinajstić information content (AvgIpc) is 3.01. The predicted octanol–water partition coefficient (Wildman–Crippen LogP) is 10.4. The number of pyridine rings is 4. The molecule has 4 heterocycles. The van der Waals surface area contributed by atoms with Crippen molar-refractivity contribution >= 4 is 75.5 Å². The third-order valence-electron chi connectivity index (χ3n) is 7.63. The molecular weight excluding hydrogens is 783 g/mol. The number of hydrogen-bond donors (Lipinski definition) is 0. The van der Waals surface area contributed by atoms with Crippen LogP contribution < -0.4 is 10.4 Å². The van der Waals surface area contributed by atoms with Gasteiger partial charge in [0, 0.05) is 24.8 Å². The monoisotopic (exact) mass is 822 g/mol.